The summed E-state index contributed by atoms with van der Waals surface area (Å²) >= 11 is 3.91. The molecule has 0 aliphatic rings. The smallest absolute Gasteiger partial charge is 0.354 e. The zero-order valence-corrected chi connectivity index (χ0v) is 8.18. The number of rotatable bonds is 5. The van der Waals surface area contributed by atoms with E-state index in [4.69, 9.17) is 4.74 Å². The summed E-state index contributed by atoms with van der Waals surface area (Å²) in [5.74, 6) is 0.215. The first kappa shape index (κ1) is 10.7. The van der Waals surface area contributed by atoms with Crippen molar-refractivity contribution in [3.8, 4) is 0 Å². The average molecular weight is 215 g/mol. The summed E-state index contributed by atoms with van der Waals surface area (Å²) < 4.78 is 6.16. The van der Waals surface area contributed by atoms with E-state index in [-0.39, 0.29) is 12.4 Å². The fraction of sp³-hybridized carbons (Fsp3) is 0.286. The maximum Gasteiger partial charge on any atom is 0.354 e. The minimum Gasteiger partial charge on any atom is -0.367 e. The van der Waals surface area contributed by atoms with Crippen LogP contribution in [-0.2, 0) is 11.3 Å². The molecular weight excluding hydrogens is 206 g/mol. The maximum absolute atomic E-state index is 10.4. The van der Waals surface area contributed by atoms with Crippen molar-refractivity contribution >= 4 is 18.6 Å². The zero-order chi connectivity index (χ0) is 10.6. The molecule has 0 fully saturated rings. The van der Waals surface area contributed by atoms with Gasteiger partial charge in [0, 0.05) is 12.8 Å². The van der Waals surface area contributed by atoms with Crippen LogP contribution in [0.3, 0.4) is 0 Å². The molecule has 0 aromatic carbocycles. The molecule has 1 rings (SSSR count). The van der Waals surface area contributed by atoms with Crippen LogP contribution in [0.15, 0.2) is 18.9 Å². The molecule has 0 saturated heterocycles. The highest BCUT2D eigenvalue weighted by molar-refractivity contribution is 7.78. The van der Waals surface area contributed by atoms with Crippen LogP contribution < -0.4 is 0 Å². The van der Waals surface area contributed by atoms with Crippen LogP contribution >= 0.6 is 12.8 Å². The van der Waals surface area contributed by atoms with E-state index in [1.54, 1.807) is 6.08 Å². The zero-order valence-electron chi connectivity index (χ0n) is 7.29. The second-order valence-corrected chi connectivity index (χ2v) is 2.81. The maximum atomic E-state index is 10.4. The molecule has 0 unspecified atom stereocenters. The lowest BCUT2D eigenvalue weighted by Gasteiger charge is -1.97. The van der Waals surface area contributed by atoms with Crippen LogP contribution in [0.5, 0.6) is 0 Å². The monoisotopic (exact) mass is 215 g/mol. The van der Waals surface area contributed by atoms with Gasteiger partial charge in [-0.15, -0.1) is 10.6 Å². The minimum atomic E-state index is -0.559. The number of nitro groups is 1. The van der Waals surface area contributed by atoms with E-state index in [1.165, 1.54) is 0 Å². The summed E-state index contributed by atoms with van der Waals surface area (Å²) in [7, 11) is 0. The van der Waals surface area contributed by atoms with Crippen molar-refractivity contribution in [2.45, 2.75) is 6.61 Å². The van der Waals surface area contributed by atoms with Gasteiger partial charge in [0.2, 0.25) is 5.82 Å². The summed E-state index contributed by atoms with van der Waals surface area (Å²) in [5.41, 5.74) is 0. The van der Waals surface area contributed by atoms with Gasteiger partial charge in [-0.3, -0.25) is 0 Å². The Morgan fingerprint density at radius 1 is 1.86 bits per heavy atom. The van der Waals surface area contributed by atoms with Gasteiger partial charge in [-0.2, -0.15) is 0 Å². The van der Waals surface area contributed by atoms with Gasteiger partial charge >= 0.3 is 5.82 Å². The molecule has 0 aliphatic heterocycles. The van der Waals surface area contributed by atoms with Gasteiger partial charge in [-0.05, 0) is 4.92 Å². The third-order valence-electron chi connectivity index (χ3n) is 1.44. The molecular formula is C7H9N3O3S. The number of aromatic nitrogens is 2. The molecule has 1 aromatic rings. The minimum absolute atomic E-state index is 0.170. The van der Waals surface area contributed by atoms with Crippen LogP contribution in [0, 0.1) is 10.1 Å². The first-order valence-corrected chi connectivity index (χ1v) is 4.15. The van der Waals surface area contributed by atoms with Crippen LogP contribution in [0.1, 0.15) is 5.82 Å². The van der Waals surface area contributed by atoms with Gasteiger partial charge < -0.3 is 14.9 Å². The summed E-state index contributed by atoms with van der Waals surface area (Å²) in [6, 6.07) is 0. The second-order valence-electron chi connectivity index (χ2n) is 2.41. The number of imidazole rings is 1. The summed E-state index contributed by atoms with van der Waals surface area (Å²) in [5, 5.41) is 10.4. The van der Waals surface area contributed by atoms with Gasteiger partial charge in [-0.25, -0.2) is 4.98 Å². The topological polar surface area (TPSA) is 70.2 Å². The lowest BCUT2D eigenvalue weighted by atomic mass is 10.6. The quantitative estimate of drug-likeness (QED) is 0.263. The summed E-state index contributed by atoms with van der Waals surface area (Å²) in [4.78, 5) is 13.6. The Morgan fingerprint density at radius 3 is 3.07 bits per heavy atom. The lowest BCUT2D eigenvalue weighted by molar-refractivity contribution is -0.390. The molecule has 1 aromatic heterocycles. The van der Waals surface area contributed by atoms with E-state index >= 15 is 0 Å². The van der Waals surface area contributed by atoms with Crippen molar-refractivity contribution in [1.29, 1.82) is 0 Å². The highest BCUT2D eigenvalue weighted by atomic mass is 32.1. The van der Waals surface area contributed by atoms with Crippen molar-refractivity contribution in [3.63, 3.8) is 0 Å². The molecule has 0 N–H and O–H groups in total. The molecule has 0 amide bonds. The van der Waals surface area contributed by atoms with Crippen molar-refractivity contribution in [1.82, 2.24) is 8.96 Å². The fourth-order valence-electron chi connectivity index (χ4n) is 0.830. The Balaban J connectivity index is 2.69. The Morgan fingerprint density at radius 2 is 2.57 bits per heavy atom. The molecule has 76 valence electrons. The molecule has 6 nitrogen and oxygen atoms in total. The Hall–Kier alpha value is -1.34. The molecule has 0 radical (unpaired) electrons. The predicted octanol–water partition coefficient (Wildman–Crippen LogP) is 1.19. The standard InChI is InChI=1S/C7H9N3O3S/c1-2-3-13-5-6-8-4-7(9(6)14)10(11)12/h2,4,14H,1,3,5H2. The number of nitrogens with zero attached hydrogens (tertiary/aromatic N) is 3. The fourth-order valence-corrected chi connectivity index (χ4v) is 1.06. The van der Waals surface area contributed by atoms with Crippen LogP contribution in [0.25, 0.3) is 0 Å². The van der Waals surface area contributed by atoms with Gasteiger partial charge in [0.1, 0.15) is 12.8 Å². The highest BCUT2D eigenvalue weighted by Gasteiger charge is 2.17. The van der Waals surface area contributed by atoms with Crippen molar-refractivity contribution in [2.75, 3.05) is 6.61 Å². The molecule has 7 heteroatoms. The molecule has 1 heterocycles. The first-order valence-electron chi connectivity index (χ1n) is 3.75. The molecule has 0 bridgehead atoms. The third kappa shape index (κ3) is 2.33. The summed E-state index contributed by atoms with van der Waals surface area (Å²) in [6.45, 7) is 4.01. The lowest BCUT2D eigenvalue weighted by Crippen LogP contribution is -2.00. The van der Waals surface area contributed by atoms with E-state index in [9.17, 15) is 10.1 Å². The number of hydrogen-bond acceptors (Lipinski definition) is 5. The van der Waals surface area contributed by atoms with Crippen LogP contribution in [-0.4, -0.2) is 20.5 Å². The van der Waals surface area contributed by atoms with Crippen molar-refractivity contribution < 1.29 is 9.66 Å². The van der Waals surface area contributed by atoms with E-state index in [2.05, 4.69) is 24.4 Å². The van der Waals surface area contributed by atoms with E-state index < -0.39 is 4.92 Å². The SMILES string of the molecule is C=CCOCc1ncc([N+](=O)[O-])n1S. The van der Waals surface area contributed by atoms with Crippen LogP contribution in [0.2, 0.25) is 0 Å². The first-order chi connectivity index (χ1) is 6.66. The average Bonchev–Trinajstić information content (AvgIpc) is 2.48. The normalized spacial score (nSPS) is 10.1. The Labute approximate surface area is 85.9 Å². The van der Waals surface area contributed by atoms with Gasteiger partial charge in [0.25, 0.3) is 0 Å². The molecule has 14 heavy (non-hydrogen) atoms. The van der Waals surface area contributed by atoms with Gasteiger partial charge in [0.05, 0.1) is 6.61 Å². The van der Waals surface area contributed by atoms with E-state index in [1.807, 2.05) is 0 Å². The predicted molar refractivity (Wildman–Crippen MR) is 53.1 cm³/mol. The number of ether oxygens (including phenoxy) is 1. The molecule has 0 atom stereocenters. The molecule has 0 saturated carbocycles. The number of thiol groups is 1. The van der Waals surface area contributed by atoms with Crippen molar-refractivity contribution in [3.05, 3.63) is 34.8 Å². The molecule has 0 spiro atoms. The second kappa shape index (κ2) is 4.77. The Kier molecular flexibility index (Phi) is 3.66. The largest absolute Gasteiger partial charge is 0.367 e. The summed E-state index contributed by atoms with van der Waals surface area (Å²) in [6.07, 6.45) is 2.72. The molecule has 0 aliphatic carbocycles. The van der Waals surface area contributed by atoms with E-state index in [0.29, 0.717) is 12.4 Å². The number of hydrogen-bond donors (Lipinski definition) is 1. The van der Waals surface area contributed by atoms with Gasteiger partial charge in [-0.1, -0.05) is 6.08 Å². The highest BCUT2D eigenvalue weighted by Crippen LogP contribution is 2.15. The van der Waals surface area contributed by atoms with Gasteiger partial charge in [0.15, 0.2) is 0 Å². The third-order valence-corrected chi connectivity index (χ3v) is 1.88. The van der Waals surface area contributed by atoms with E-state index in [0.717, 1.165) is 10.2 Å². The Bertz CT molecular complexity index is 350. The van der Waals surface area contributed by atoms with Crippen LogP contribution in [0.4, 0.5) is 5.82 Å². The van der Waals surface area contributed by atoms with Crippen molar-refractivity contribution in [2.24, 2.45) is 0 Å².